The lowest BCUT2D eigenvalue weighted by atomic mass is 10.2. The molecule has 114 valence electrons. The Morgan fingerprint density at radius 2 is 2.33 bits per heavy atom. The summed E-state index contributed by atoms with van der Waals surface area (Å²) in [4.78, 5) is 29.1. The second kappa shape index (κ2) is 5.48. The highest BCUT2D eigenvalue weighted by Crippen LogP contribution is 2.47. The average Bonchev–Trinajstić information content (AvgIpc) is 3.06. The predicted octanol–water partition coefficient (Wildman–Crippen LogP) is 2.81. The number of thioether (sulfide) groups is 1. The Morgan fingerprint density at radius 3 is 3.00 bits per heavy atom. The zero-order valence-electron chi connectivity index (χ0n) is 12.0. The maximum absolute atomic E-state index is 12.7. The van der Waals surface area contributed by atoms with Crippen molar-refractivity contribution in [3.63, 3.8) is 0 Å². The van der Waals surface area contributed by atoms with Crippen LogP contribution in [0.3, 0.4) is 0 Å². The van der Waals surface area contributed by atoms with E-state index < -0.39 is 0 Å². The molecule has 0 N–H and O–H groups in total. The van der Waals surface area contributed by atoms with Gasteiger partial charge in [0.2, 0.25) is 11.8 Å². The van der Waals surface area contributed by atoms with E-state index in [1.54, 1.807) is 28.6 Å². The number of likely N-dealkylation sites (N-methyl/N-ethyl adjacent to an activating group) is 1. The number of carbonyl (C=O) groups is 2. The Kier molecular flexibility index (Phi) is 3.96. The summed E-state index contributed by atoms with van der Waals surface area (Å²) >= 11 is 9.12. The first-order chi connectivity index (χ1) is 9.90. The van der Waals surface area contributed by atoms with Crippen molar-refractivity contribution in [1.82, 2.24) is 9.80 Å². The van der Waals surface area contributed by atoms with Crippen LogP contribution in [0.4, 0.5) is 0 Å². The number of thiophene rings is 1. The van der Waals surface area contributed by atoms with Gasteiger partial charge in [-0.05, 0) is 25.5 Å². The molecule has 2 unspecified atom stereocenters. The van der Waals surface area contributed by atoms with Crippen LogP contribution in [-0.2, 0) is 16.1 Å². The molecular formula is C14H17ClN2O2S2. The molecule has 3 rings (SSSR count). The van der Waals surface area contributed by atoms with Gasteiger partial charge in [-0.1, -0.05) is 11.6 Å². The quantitative estimate of drug-likeness (QED) is 0.846. The normalized spacial score (nSPS) is 28.0. The summed E-state index contributed by atoms with van der Waals surface area (Å²) in [6.45, 7) is 2.60. The van der Waals surface area contributed by atoms with E-state index in [9.17, 15) is 9.59 Å². The van der Waals surface area contributed by atoms with Gasteiger partial charge in [-0.25, -0.2) is 0 Å². The highest BCUT2D eigenvalue weighted by molar-refractivity contribution is 8.01. The Morgan fingerprint density at radius 1 is 1.57 bits per heavy atom. The summed E-state index contributed by atoms with van der Waals surface area (Å²) in [5, 5.41) is 0. The Labute approximate surface area is 137 Å². The number of halogens is 1. The highest BCUT2D eigenvalue weighted by Gasteiger charge is 2.53. The standard InChI is InChI=1S/C14H17ClN2O2S2/c1-14-6-5-12(18)17(14)10(8-20-14)13(19)16(2)7-9-3-4-11(15)21-9/h3-4,10H,5-8H2,1-2H3. The Bertz CT molecular complexity index is 591. The van der Waals surface area contributed by atoms with Crippen LogP contribution in [0.2, 0.25) is 4.34 Å². The van der Waals surface area contributed by atoms with Gasteiger partial charge in [-0.3, -0.25) is 9.59 Å². The minimum Gasteiger partial charge on any atom is -0.339 e. The van der Waals surface area contributed by atoms with Crippen LogP contribution in [0.15, 0.2) is 12.1 Å². The molecule has 2 saturated heterocycles. The number of carbonyl (C=O) groups excluding carboxylic acids is 2. The average molecular weight is 345 g/mol. The summed E-state index contributed by atoms with van der Waals surface area (Å²) in [7, 11) is 1.79. The topological polar surface area (TPSA) is 40.6 Å². The van der Waals surface area contributed by atoms with E-state index in [-0.39, 0.29) is 22.7 Å². The lowest BCUT2D eigenvalue weighted by Crippen LogP contribution is -2.50. The summed E-state index contributed by atoms with van der Waals surface area (Å²) < 4.78 is 0.726. The SMILES string of the molecule is CN(Cc1ccc(Cl)s1)C(=O)C1CSC2(C)CCC(=O)N12. The van der Waals surface area contributed by atoms with Crippen molar-refractivity contribution < 1.29 is 9.59 Å². The fourth-order valence-electron chi connectivity index (χ4n) is 3.01. The first kappa shape index (κ1) is 15.2. The van der Waals surface area contributed by atoms with Crippen molar-refractivity contribution in [2.45, 2.75) is 37.2 Å². The molecule has 0 spiro atoms. The van der Waals surface area contributed by atoms with Gasteiger partial charge in [-0.2, -0.15) is 0 Å². The minimum absolute atomic E-state index is 0.0194. The van der Waals surface area contributed by atoms with E-state index in [0.717, 1.165) is 15.6 Å². The summed E-state index contributed by atoms with van der Waals surface area (Å²) in [5.74, 6) is 0.816. The molecule has 0 aliphatic carbocycles. The fourth-order valence-corrected chi connectivity index (χ4v) is 5.57. The molecule has 7 heteroatoms. The summed E-state index contributed by atoms with van der Waals surface area (Å²) in [6.07, 6.45) is 1.39. The summed E-state index contributed by atoms with van der Waals surface area (Å²) in [6, 6.07) is 3.45. The first-order valence-corrected chi connectivity index (χ1v) is 9.04. The first-order valence-electron chi connectivity index (χ1n) is 6.86. The van der Waals surface area contributed by atoms with E-state index in [2.05, 4.69) is 6.92 Å². The van der Waals surface area contributed by atoms with Gasteiger partial charge in [0.05, 0.1) is 15.8 Å². The van der Waals surface area contributed by atoms with Crippen molar-refractivity contribution in [3.05, 3.63) is 21.3 Å². The van der Waals surface area contributed by atoms with Gasteiger partial charge in [0, 0.05) is 24.1 Å². The Balaban J connectivity index is 1.71. The van der Waals surface area contributed by atoms with Crippen molar-refractivity contribution in [2.24, 2.45) is 0 Å². The van der Waals surface area contributed by atoms with Crippen molar-refractivity contribution >= 4 is 46.5 Å². The molecule has 2 aliphatic heterocycles. The molecule has 3 heterocycles. The molecular weight excluding hydrogens is 328 g/mol. The third-order valence-corrected chi connectivity index (χ3v) is 6.85. The lowest BCUT2D eigenvalue weighted by Gasteiger charge is -2.31. The molecule has 0 bridgehead atoms. The number of hydrogen-bond acceptors (Lipinski definition) is 4. The van der Waals surface area contributed by atoms with E-state index in [1.165, 1.54) is 11.3 Å². The van der Waals surface area contributed by atoms with Gasteiger partial charge < -0.3 is 9.80 Å². The monoisotopic (exact) mass is 344 g/mol. The molecule has 2 atom stereocenters. The van der Waals surface area contributed by atoms with Crippen LogP contribution in [0, 0.1) is 0 Å². The van der Waals surface area contributed by atoms with Gasteiger partial charge in [0.15, 0.2) is 0 Å². The van der Waals surface area contributed by atoms with E-state index in [4.69, 9.17) is 11.6 Å². The largest absolute Gasteiger partial charge is 0.339 e. The fraction of sp³-hybridized carbons (Fsp3) is 0.571. The van der Waals surface area contributed by atoms with Crippen LogP contribution >= 0.6 is 34.7 Å². The molecule has 2 amide bonds. The van der Waals surface area contributed by atoms with Gasteiger partial charge >= 0.3 is 0 Å². The second-order valence-electron chi connectivity index (χ2n) is 5.67. The van der Waals surface area contributed by atoms with E-state index in [1.807, 2.05) is 12.1 Å². The minimum atomic E-state index is -0.324. The third kappa shape index (κ3) is 2.69. The van der Waals surface area contributed by atoms with E-state index >= 15 is 0 Å². The summed E-state index contributed by atoms with van der Waals surface area (Å²) in [5.41, 5.74) is 0. The van der Waals surface area contributed by atoms with Crippen LogP contribution in [0.1, 0.15) is 24.6 Å². The lowest BCUT2D eigenvalue weighted by molar-refractivity contribution is -0.143. The number of amides is 2. The smallest absolute Gasteiger partial charge is 0.246 e. The molecule has 1 aromatic rings. The maximum Gasteiger partial charge on any atom is 0.246 e. The van der Waals surface area contributed by atoms with Gasteiger partial charge in [0.1, 0.15) is 6.04 Å². The Hall–Kier alpha value is -0.720. The molecule has 2 aliphatic rings. The van der Waals surface area contributed by atoms with E-state index in [0.29, 0.717) is 18.7 Å². The molecule has 0 radical (unpaired) electrons. The van der Waals surface area contributed by atoms with Gasteiger partial charge in [-0.15, -0.1) is 23.1 Å². The highest BCUT2D eigenvalue weighted by atomic mass is 35.5. The maximum atomic E-state index is 12.7. The third-order valence-electron chi connectivity index (χ3n) is 4.13. The molecule has 0 saturated carbocycles. The number of rotatable bonds is 3. The zero-order valence-corrected chi connectivity index (χ0v) is 14.4. The molecule has 21 heavy (non-hydrogen) atoms. The number of hydrogen-bond donors (Lipinski definition) is 0. The molecule has 0 aromatic carbocycles. The van der Waals surface area contributed by atoms with Gasteiger partial charge in [0.25, 0.3) is 0 Å². The molecule has 1 aromatic heterocycles. The second-order valence-corrected chi connectivity index (χ2v) is 8.97. The van der Waals surface area contributed by atoms with Crippen LogP contribution in [0.5, 0.6) is 0 Å². The number of nitrogens with zero attached hydrogens (tertiary/aromatic N) is 2. The van der Waals surface area contributed by atoms with Crippen LogP contribution in [-0.4, -0.2) is 45.3 Å². The molecule has 4 nitrogen and oxygen atoms in total. The molecule has 2 fully saturated rings. The van der Waals surface area contributed by atoms with Crippen molar-refractivity contribution in [2.75, 3.05) is 12.8 Å². The van der Waals surface area contributed by atoms with Crippen LogP contribution in [0.25, 0.3) is 0 Å². The van der Waals surface area contributed by atoms with Crippen molar-refractivity contribution in [1.29, 1.82) is 0 Å². The van der Waals surface area contributed by atoms with Crippen LogP contribution < -0.4 is 0 Å². The van der Waals surface area contributed by atoms with Crippen molar-refractivity contribution in [3.8, 4) is 0 Å². The predicted molar refractivity (Wildman–Crippen MR) is 86.5 cm³/mol. The number of fused-ring (bicyclic) bond motifs is 1. The zero-order chi connectivity index (χ0) is 15.2.